The number of carboxylic acids is 1. The Kier molecular flexibility index (Phi) is 5.99. The Morgan fingerprint density at radius 2 is 1.85 bits per heavy atom. The van der Waals surface area contributed by atoms with Crippen molar-refractivity contribution in [3.63, 3.8) is 0 Å². The van der Waals surface area contributed by atoms with Crippen molar-refractivity contribution in [2.45, 2.75) is 13.0 Å². The topological polar surface area (TPSA) is 157 Å². The average molecular weight is 374 g/mol. The molecule has 1 atom stereocenters. The van der Waals surface area contributed by atoms with Crippen molar-refractivity contribution in [2.24, 2.45) is 5.10 Å². The highest BCUT2D eigenvalue weighted by molar-refractivity contribution is 5.81. The molecule has 2 aromatic carbocycles. The second kappa shape index (κ2) is 8.38. The van der Waals surface area contributed by atoms with Gasteiger partial charge in [-0.2, -0.15) is 5.10 Å². The third-order valence-electron chi connectivity index (χ3n) is 3.33. The summed E-state index contributed by atoms with van der Waals surface area (Å²) in [6, 6.07) is 9.48. The van der Waals surface area contributed by atoms with Crippen molar-refractivity contribution in [2.75, 3.05) is 5.43 Å². The molecule has 0 aromatic heterocycles. The number of nitro groups is 2. The van der Waals surface area contributed by atoms with Crippen molar-refractivity contribution >= 4 is 29.2 Å². The van der Waals surface area contributed by atoms with Gasteiger partial charge in [-0.25, -0.2) is 4.79 Å². The maximum absolute atomic E-state index is 11.0. The van der Waals surface area contributed by atoms with Gasteiger partial charge in [0.05, 0.1) is 22.1 Å². The van der Waals surface area contributed by atoms with Crippen molar-refractivity contribution in [1.29, 1.82) is 0 Å². The maximum Gasteiger partial charge on any atom is 0.344 e. The molecular weight excluding hydrogens is 360 g/mol. The lowest BCUT2D eigenvalue weighted by Gasteiger charge is -2.09. The third kappa shape index (κ3) is 5.22. The zero-order chi connectivity index (χ0) is 20.0. The van der Waals surface area contributed by atoms with Crippen LogP contribution in [-0.2, 0) is 4.79 Å². The van der Waals surface area contributed by atoms with E-state index in [0.717, 1.165) is 12.1 Å². The van der Waals surface area contributed by atoms with Crippen LogP contribution >= 0.6 is 0 Å². The van der Waals surface area contributed by atoms with E-state index in [1.54, 1.807) is 24.3 Å². The van der Waals surface area contributed by atoms with E-state index in [4.69, 9.17) is 9.84 Å². The van der Waals surface area contributed by atoms with E-state index < -0.39 is 33.3 Å². The van der Waals surface area contributed by atoms with Gasteiger partial charge in [-0.15, -0.1) is 0 Å². The average Bonchev–Trinajstić information content (AvgIpc) is 2.62. The molecule has 140 valence electrons. The standard InChI is InChI=1S/C16H14N4O7/c1-10(16(21)22)27-13-5-2-11(3-6-13)9-17-18-14-7-4-12(19(23)24)8-15(14)20(25)26/h2-10,18H,1H3,(H,21,22)/b17-9+. The number of aliphatic carboxylic acids is 1. The number of hydrogen-bond donors (Lipinski definition) is 2. The Morgan fingerprint density at radius 1 is 1.19 bits per heavy atom. The number of anilines is 1. The van der Waals surface area contributed by atoms with E-state index in [0.29, 0.717) is 11.3 Å². The van der Waals surface area contributed by atoms with Crippen LogP contribution in [0.1, 0.15) is 12.5 Å². The first kappa shape index (κ1) is 19.3. The van der Waals surface area contributed by atoms with E-state index >= 15 is 0 Å². The summed E-state index contributed by atoms with van der Waals surface area (Å²) in [6.45, 7) is 1.40. The first-order valence-electron chi connectivity index (χ1n) is 7.49. The molecule has 0 amide bonds. The van der Waals surface area contributed by atoms with Gasteiger partial charge in [-0.3, -0.25) is 25.7 Å². The molecule has 1 unspecified atom stereocenters. The van der Waals surface area contributed by atoms with E-state index in [9.17, 15) is 25.0 Å². The second-order valence-electron chi connectivity index (χ2n) is 5.25. The molecule has 2 N–H and O–H groups in total. The maximum atomic E-state index is 11.0. The highest BCUT2D eigenvalue weighted by Gasteiger charge is 2.19. The lowest BCUT2D eigenvalue weighted by Crippen LogP contribution is -2.22. The molecule has 0 aliphatic rings. The molecule has 0 bridgehead atoms. The smallest absolute Gasteiger partial charge is 0.344 e. The van der Waals surface area contributed by atoms with Crippen molar-refractivity contribution in [3.8, 4) is 5.75 Å². The first-order valence-corrected chi connectivity index (χ1v) is 7.49. The second-order valence-corrected chi connectivity index (χ2v) is 5.25. The predicted octanol–water partition coefficient (Wildman–Crippen LogP) is 2.80. The summed E-state index contributed by atoms with van der Waals surface area (Å²) in [5.74, 6) is -0.726. The summed E-state index contributed by atoms with van der Waals surface area (Å²) in [5.41, 5.74) is 2.20. The fourth-order valence-electron chi connectivity index (χ4n) is 1.94. The molecule has 0 saturated carbocycles. The van der Waals surface area contributed by atoms with E-state index in [1.165, 1.54) is 19.2 Å². The number of benzene rings is 2. The number of rotatable bonds is 8. The number of carboxylic acid groups (broad SMARTS) is 1. The highest BCUT2D eigenvalue weighted by atomic mass is 16.6. The van der Waals surface area contributed by atoms with E-state index in [-0.39, 0.29) is 5.69 Å². The minimum Gasteiger partial charge on any atom is -0.479 e. The number of ether oxygens (including phenoxy) is 1. The predicted molar refractivity (Wildman–Crippen MR) is 95.1 cm³/mol. The van der Waals surface area contributed by atoms with Gasteiger partial charge in [-0.05, 0) is 42.8 Å². The molecule has 0 aliphatic carbocycles. The number of nitro benzene ring substituents is 2. The minimum absolute atomic E-state index is 0.00270. The van der Waals surface area contributed by atoms with E-state index in [1.807, 2.05) is 0 Å². The van der Waals surface area contributed by atoms with Crippen LogP contribution in [0.3, 0.4) is 0 Å². The Hall–Kier alpha value is -4.02. The molecule has 0 saturated heterocycles. The van der Waals surface area contributed by atoms with Crippen molar-refractivity contribution in [1.82, 2.24) is 0 Å². The number of hydrogen-bond acceptors (Lipinski definition) is 8. The Labute approximate surface area is 152 Å². The van der Waals surface area contributed by atoms with Gasteiger partial charge in [0, 0.05) is 6.07 Å². The molecule has 0 fully saturated rings. The molecule has 0 heterocycles. The SMILES string of the molecule is CC(Oc1ccc(/C=N/Nc2ccc([N+](=O)[O-])cc2[N+](=O)[O-])cc1)C(=O)O. The molecule has 0 aliphatic heterocycles. The number of nitrogens with one attached hydrogen (secondary N) is 1. The summed E-state index contributed by atoms with van der Waals surface area (Å²) in [4.78, 5) is 31.0. The molecular formula is C16H14N4O7. The largest absolute Gasteiger partial charge is 0.479 e. The van der Waals surface area contributed by atoms with Crippen LogP contribution in [0.4, 0.5) is 17.1 Å². The van der Waals surface area contributed by atoms with Crippen LogP contribution in [0, 0.1) is 20.2 Å². The van der Waals surface area contributed by atoms with Crippen LogP contribution in [0.2, 0.25) is 0 Å². The zero-order valence-electron chi connectivity index (χ0n) is 13.9. The molecule has 11 heteroatoms. The van der Waals surface area contributed by atoms with Gasteiger partial charge in [0.1, 0.15) is 11.4 Å². The Morgan fingerprint density at radius 3 is 2.41 bits per heavy atom. The molecule has 0 radical (unpaired) electrons. The Balaban J connectivity index is 2.08. The number of nitrogens with zero attached hydrogens (tertiary/aromatic N) is 3. The van der Waals surface area contributed by atoms with Gasteiger partial charge in [0.2, 0.25) is 0 Å². The van der Waals surface area contributed by atoms with Crippen LogP contribution in [0.15, 0.2) is 47.6 Å². The van der Waals surface area contributed by atoms with Gasteiger partial charge >= 0.3 is 11.7 Å². The normalized spacial score (nSPS) is 11.7. The Bertz CT molecular complexity index is 896. The van der Waals surface area contributed by atoms with Crippen molar-refractivity contribution in [3.05, 3.63) is 68.3 Å². The first-order chi connectivity index (χ1) is 12.8. The van der Waals surface area contributed by atoms with Crippen LogP contribution in [0.5, 0.6) is 5.75 Å². The summed E-state index contributed by atoms with van der Waals surface area (Å²) >= 11 is 0. The van der Waals surface area contributed by atoms with Crippen LogP contribution < -0.4 is 10.2 Å². The molecule has 0 spiro atoms. The molecule has 2 rings (SSSR count). The number of hydrazone groups is 1. The fraction of sp³-hybridized carbons (Fsp3) is 0.125. The number of non-ortho nitro benzene ring substituents is 1. The zero-order valence-corrected chi connectivity index (χ0v) is 13.9. The summed E-state index contributed by atoms with van der Waals surface area (Å²) < 4.78 is 5.19. The molecule has 2 aromatic rings. The minimum atomic E-state index is -1.09. The van der Waals surface area contributed by atoms with Gasteiger partial charge in [-0.1, -0.05) is 0 Å². The molecule has 27 heavy (non-hydrogen) atoms. The quantitative estimate of drug-likeness (QED) is 0.405. The third-order valence-corrected chi connectivity index (χ3v) is 3.33. The van der Waals surface area contributed by atoms with E-state index in [2.05, 4.69) is 10.5 Å². The monoisotopic (exact) mass is 374 g/mol. The fourth-order valence-corrected chi connectivity index (χ4v) is 1.94. The highest BCUT2D eigenvalue weighted by Crippen LogP contribution is 2.28. The number of carbonyl (C=O) groups is 1. The van der Waals surface area contributed by atoms with Gasteiger partial charge in [0.15, 0.2) is 6.10 Å². The summed E-state index contributed by atoms with van der Waals surface area (Å²) in [6.07, 6.45) is 0.379. The van der Waals surface area contributed by atoms with Gasteiger partial charge in [0.25, 0.3) is 5.69 Å². The van der Waals surface area contributed by atoms with Crippen molar-refractivity contribution < 1.29 is 24.5 Å². The van der Waals surface area contributed by atoms with Crippen LogP contribution in [0.25, 0.3) is 0 Å². The summed E-state index contributed by atoms with van der Waals surface area (Å²) in [5, 5.41) is 34.4. The van der Waals surface area contributed by atoms with Gasteiger partial charge < -0.3 is 9.84 Å². The van der Waals surface area contributed by atoms with Crippen LogP contribution in [-0.4, -0.2) is 33.2 Å². The molecule has 11 nitrogen and oxygen atoms in total. The lowest BCUT2D eigenvalue weighted by atomic mass is 10.2. The summed E-state index contributed by atoms with van der Waals surface area (Å²) in [7, 11) is 0. The lowest BCUT2D eigenvalue weighted by molar-refractivity contribution is -0.393.